The summed E-state index contributed by atoms with van der Waals surface area (Å²) in [5.74, 6) is 1.80. The largest absolute Gasteiger partial charge is 0.378 e. The molecule has 1 aromatic carbocycles. The van der Waals surface area contributed by atoms with E-state index in [9.17, 15) is 0 Å². The Hall–Kier alpha value is -2.90. The van der Waals surface area contributed by atoms with E-state index in [4.69, 9.17) is 9.72 Å². The van der Waals surface area contributed by atoms with Gasteiger partial charge in [0.1, 0.15) is 5.82 Å². The van der Waals surface area contributed by atoms with Crippen LogP contribution in [0.1, 0.15) is 12.8 Å². The first kappa shape index (κ1) is 19.8. The van der Waals surface area contributed by atoms with Crippen molar-refractivity contribution in [1.29, 1.82) is 0 Å². The normalized spacial score (nSPS) is 18.7. The molecule has 7 nitrogen and oxygen atoms in total. The Morgan fingerprint density at radius 1 is 1.06 bits per heavy atom. The van der Waals surface area contributed by atoms with Crippen molar-refractivity contribution in [1.82, 2.24) is 24.6 Å². The highest BCUT2D eigenvalue weighted by atomic mass is 16.5. The summed E-state index contributed by atoms with van der Waals surface area (Å²) in [5.41, 5.74) is 4.45. The van der Waals surface area contributed by atoms with E-state index in [1.165, 1.54) is 36.8 Å². The van der Waals surface area contributed by atoms with Gasteiger partial charge >= 0.3 is 0 Å². The first-order valence-corrected chi connectivity index (χ1v) is 11.7. The number of aromatic nitrogens is 4. The number of pyridine rings is 1. The number of piperidine rings is 1. The molecule has 32 heavy (non-hydrogen) atoms. The molecule has 1 N–H and O–H groups in total. The monoisotopic (exact) mass is 430 g/mol. The molecule has 0 aliphatic carbocycles. The van der Waals surface area contributed by atoms with Crippen LogP contribution in [0.4, 0.5) is 5.82 Å². The maximum absolute atomic E-state index is 5.61. The van der Waals surface area contributed by atoms with Gasteiger partial charge in [-0.1, -0.05) is 12.1 Å². The summed E-state index contributed by atoms with van der Waals surface area (Å²) in [5, 5.41) is 9.63. The number of nitrogens with one attached hydrogen (secondary N) is 1. The second-order valence-corrected chi connectivity index (χ2v) is 9.25. The van der Waals surface area contributed by atoms with Crippen LogP contribution < -0.4 is 4.90 Å². The van der Waals surface area contributed by atoms with Crippen molar-refractivity contribution in [2.75, 3.05) is 51.3 Å². The number of likely N-dealkylation sites (tertiary alicyclic amines) is 1. The third kappa shape index (κ3) is 3.65. The quantitative estimate of drug-likeness (QED) is 0.534. The number of morpholine rings is 1. The molecule has 0 bridgehead atoms. The van der Waals surface area contributed by atoms with Gasteiger partial charge in [0.2, 0.25) is 0 Å². The maximum Gasteiger partial charge on any atom is 0.138 e. The van der Waals surface area contributed by atoms with Crippen LogP contribution in [0.15, 0.2) is 42.7 Å². The lowest BCUT2D eigenvalue weighted by Gasteiger charge is -2.30. The van der Waals surface area contributed by atoms with Gasteiger partial charge in [-0.25, -0.2) is 4.98 Å². The Labute approximate surface area is 188 Å². The molecule has 5 heterocycles. The number of benzene rings is 1. The number of fused-ring (bicyclic) bond motifs is 2. The fraction of sp³-hybridized carbons (Fsp3) is 0.440. The molecular formula is C25H30N6O. The Morgan fingerprint density at radius 3 is 2.75 bits per heavy atom. The van der Waals surface area contributed by atoms with E-state index in [1.807, 2.05) is 6.20 Å². The van der Waals surface area contributed by atoms with E-state index in [-0.39, 0.29) is 0 Å². The zero-order chi connectivity index (χ0) is 21.5. The van der Waals surface area contributed by atoms with Crippen LogP contribution in [0.5, 0.6) is 0 Å². The topological polar surface area (TPSA) is 62.2 Å². The summed E-state index contributed by atoms with van der Waals surface area (Å²) in [6.45, 7) is 6.73. The molecule has 0 unspecified atom stereocenters. The molecule has 6 rings (SSSR count). The summed E-state index contributed by atoms with van der Waals surface area (Å²) in [6, 6.07) is 10.9. The second-order valence-electron chi connectivity index (χ2n) is 9.25. The Bertz CT molecular complexity index is 1230. The van der Waals surface area contributed by atoms with Gasteiger partial charge in [0.05, 0.1) is 36.1 Å². The third-order valence-electron chi connectivity index (χ3n) is 7.09. The Kier molecular flexibility index (Phi) is 5.08. The molecule has 2 aliphatic heterocycles. The molecule has 0 radical (unpaired) electrons. The van der Waals surface area contributed by atoms with Crippen LogP contribution in [0.2, 0.25) is 0 Å². The van der Waals surface area contributed by atoms with Crippen LogP contribution in [0.3, 0.4) is 0 Å². The fourth-order valence-corrected chi connectivity index (χ4v) is 5.11. The average Bonchev–Trinajstić information content (AvgIpc) is 3.47. The highest BCUT2D eigenvalue weighted by molar-refractivity contribution is 5.94. The molecular weight excluding hydrogens is 400 g/mol. The molecule has 0 amide bonds. The van der Waals surface area contributed by atoms with E-state index < -0.39 is 0 Å². The van der Waals surface area contributed by atoms with Crippen LogP contribution in [-0.4, -0.2) is 71.1 Å². The third-order valence-corrected chi connectivity index (χ3v) is 7.09. The first-order chi connectivity index (χ1) is 15.7. The number of H-pyrrole nitrogens is 1. The minimum Gasteiger partial charge on any atom is -0.378 e. The predicted octanol–water partition coefficient (Wildman–Crippen LogP) is 3.76. The van der Waals surface area contributed by atoms with E-state index in [0.717, 1.165) is 66.7 Å². The highest BCUT2D eigenvalue weighted by Gasteiger charge is 2.21. The number of ether oxygens (including phenoxy) is 1. The number of rotatable bonds is 4. The lowest BCUT2D eigenvalue weighted by atomic mass is 9.97. The van der Waals surface area contributed by atoms with Gasteiger partial charge in [0.25, 0.3) is 0 Å². The van der Waals surface area contributed by atoms with Crippen molar-refractivity contribution in [2.45, 2.75) is 19.4 Å². The lowest BCUT2D eigenvalue weighted by molar-refractivity contribution is 0.122. The highest BCUT2D eigenvalue weighted by Crippen LogP contribution is 2.33. The summed E-state index contributed by atoms with van der Waals surface area (Å²) >= 11 is 0. The van der Waals surface area contributed by atoms with Gasteiger partial charge in [-0.15, -0.1) is 0 Å². The molecule has 166 valence electrons. The molecule has 7 heteroatoms. The molecule has 4 aromatic rings. The van der Waals surface area contributed by atoms with Crippen LogP contribution in [0, 0.1) is 5.92 Å². The zero-order valence-electron chi connectivity index (χ0n) is 18.6. The van der Waals surface area contributed by atoms with Crippen molar-refractivity contribution < 1.29 is 4.74 Å². The Morgan fingerprint density at radius 2 is 1.91 bits per heavy atom. The standard InChI is InChI=1S/C25H30N6O/c1-29-7-4-18(5-8-29)17-31-9-6-21-24(31)15-22(27-25(21)30-10-12-32-13-11-30)19-2-3-20-16-26-28-23(20)14-19/h2-3,6,9,14-16,18H,4-5,7-8,10-13,17H2,1H3,(H,26,28). The van der Waals surface area contributed by atoms with Gasteiger partial charge in [-0.05, 0) is 57.1 Å². The molecule has 0 atom stereocenters. The number of nitrogens with zero attached hydrogens (tertiary/aromatic N) is 5. The van der Waals surface area contributed by atoms with Crippen LogP contribution >= 0.6 is 0 Å². The maximum atomic E-state index is 5.61. The van der Waals surface area contributed by atoms with Gasteiger partial charge in [0, 0.05) is 42.2 Å². The van der Waals surface area contributed by atoms with E-state index in [2.05, 4.69) is 68.1 Å². The Balaban J connectivity index is 1.43. The summed E-state index contributed by atoms with van der Waals surface area (Å²) in [6.07, 6.45) is 6.65. The van der Waals surface area contributed by atoms with Gasteiger partial charge < -0.3 is 19.1 Å². The van der Waals surface area contributed by atoms with Crippen molar-refractivity contribution in [3.63, 3.8) is 0 Å². The number of hydrogen-bond acceptors (Lipinski definition) is 5. The second kappa shape index (κ2) is 8.22. The minimum atomic E-state index is 0.728. The van der Waals surface area contributed by atoms with Crippen molar-refractivity contribution in [3.8, 4) is 11.3 Å². The van der Waals surface area contributed by atoms with Crippen molar-refractivity contribution >= 4 is 27.6 Å². The van der Waals surface area contributed by atoms with E-state index in [1.54, 1.807) is 0 Å². The molecule has 2 aliphatic rings. The SMILES string of the molecule is CN1CCC(Cn2ccc3c(N4CCOCC4)nc(-c4ccc5cn[nH]c5c4)cc32)CC1. The summed E-state index contributed by atoms with van der Waals surface area (Å²) < 4.78 is 8.07. The molecule has 3 aromatic heterocycles. The van der Waals surface area contributed by atoms with Crippen molar-refractivity contribution in [3.05, 3.63) is 42.7 Å². The zero-order valence-corrected chi connectivity index (χ0v) is 18.6. The van der Waals surface area contributed by atoms with Gasteiger partial charge in [0.15, 0.2) is 0 Å². The molecule has 0 saturated carbocycles. The number of hydrogen-bond donors (Lipinski definition) is 1. The van der Waals surface area contributed by atoms with E-state index in [0.29, 0.717) is 0 Å². The predicted molar refractivity (Wildman–Crippen MR) is 128 cm³/mol. The lowest BCUT2D eigenvalue weighted by Crippen LogP contribution is -2.36. The number of aromatic amines is 1. The van der Waals surface area contributed by atoms with Crippen LogP contribution in [0.25, 0.3) is 33.1 Å². The summed E-state index contributed by atoms with van der Waals surface area (Å²) in [4.78, 5) is 9.99. The average molecular weight is 431 g/mol. The van der Waals surface area contributed by atoms with Gasteiger partial charge in [-0.2, -0.15) is 5.10 Å². The van der Waals surface area contributed by atoms with Crippen molar-refractivity contribution in [2.24, 2.45) is 5.92 Å². The van der Waals surface area contributed by atoms with E-state index >= 15 is 0 Å². The van der Waals surface area contributed by atoms with Gasteiger partial charge in [-0.3, -0.25) is 5.10 Å². The fourth-order valence-electron chi connectivity index (χ4n) is 5.11. The molecule has 2 fully saturated rings. The number of anilines is 1. The minimum absolute atomic E-state index is 0.728. The van der Waals surface area contributed by atoms with Crippen LogP contribution in [-0.2, 0) is 11.3 Å². The summed E-state index contributed by atoms with van der Waals surface area (Å²) in [7, 11) is 2.23. The smallest absolute Gasteiger partial charge is 0.138 e. The molecule has 2 saturated heterocycles. The molecule has 0 spiro atoms. The first-order valence-electron chi connectivity index (χ1n) is 11.7.